The van der Waals surface area contributed by atoms with E-state index < -0.39 is 0 Å². The van der Waals surface area contributed by atoms with Crippen molar-refractivity contribution in [1.29, 1.82) is 0 Å². The maximum Gasteiger partial charge on any atom is 0.190 e. The highest BCUT2D eigenvalue weighted by Crippen LogP contribution is 2.10. The van der Waals surface area contributed by atoms with E-state index in [1.807, 2.05) is 24.3 Å². The van der Waals surface area contributed by atoms with Gasteiger partial charge in [0.1, 0.15) is 17.8 Å². The predicted molar refractivity (Wildman–Crippen MR) is 68.6 cm³/mol. The normalized spacial score (nSPS) is 10.8. The van der Waals surface area contributed by atoms with E-state index >= 15 is 0 Å². The van der Waals surface area contributed by atoms with Gasteiger partial charge in [0.25, 0.3) is 0 Å². The molecule has 0 saturated carbocycles. The van der Waals surface area contributed by atoms with Crippen LogP contribution >= 0.6 is 0 Å². The molecule has 94 valence electrons. The first-order valence-electron chi connectivity index (χ1n) is 5.82. The lowest BCUT2D eigenvalue weighted by atomic mass is 10.2. The van der Waals surface area contributed by atoms with Gasteiger partial charge in [-0.25, -0.2) is 9.97 Å². The van der Waals surface area contributed by atoms with Gasteiger partial charge in [0, 0.05) is 7.05 Å². The van der Waals surface area contributed by atoms with Crippen LogP contribution in [0.15, 0.2) is 36.8 Å². The topological polar surface area (TPSA) is 73.6 Å². The van der Waals surface area contributed by atoms with Gasteiger partial charge in [-0.3, -0.25) is 14.5 Å². The van der Waals surface area contributed by atoms with Crippen molar-refractivity contribution in [2.45, 2.75) is 6.42 Å². The number of ketones is 1. The Hall–Kier alpha value is -2.63. The summed E-state index contributed by atoms with van der Waals surface area (Å²) in [6.07, 6.45) is 3.10. The van der Waals surface area contributed by atoms with Gasteiger partial charge in [0.05, 0.1) is 23.7 Å². The molecule has 19 heavy (non-hydrogen) atoms. The second-order valence-electron chi connectivity index (χ2n) is 4.14. The van der Waals surface area contributed by atoms with Crippen LogP contribution in [-0.4, -0.2) is 30.5 Å². The smallest absolute Gasteiger partial charge is 0.190 e. The lowest BCUT2D eigenvalue weighted by Gasteiger charge is -2.01. The van der Waals surface area contributed by atoms with E-state index in [-0.39, 0.29) is 12.2 Å². The van der Waals surface area contributed by atoms with Gasteiger partial charge in [-0.2, -0.15) is 5.10 Å². The van der Waals surface area contributed by atoms with Crippen LogP contribution in [0.25, 0.3) is 11.0 Å². The van der Waals surface area contributed by atoms with Gasteiger partial charge in [-0.05, 0) is 12.1 Å². The molecule has 0 radical (unpaired) electrons. The highest BCUT2D eigenvalue weighted by Gasteiger charge is 2.13. The zero-order valence-electron chi connectivity index (χ0n) is 10.3. The molecule has 6 nitrogen and oxygen atoms in total. The summed E-state index contributed by atoms with van der Waals surface area (Å²) in [5.41, 5.74) is 1.84. The van der Waals surface area contributed by atoms with Crippen molar-refractivity contribution < 1.29 is 4.79 Å². The van der Waals surface area contributed by atoms with Crippen molar-refractivity contribution in [2.75, 3.05) is 0 Å². The Bertz CT molecular complexity index is 749. The average Bonchev–Trinajstić information content (AvgIpc) is 2.84. The molecule has 0 fully saturated rings. The van der Waals surface area contributed by atoms with E-state index in [9.17, 15) is 4.79 Å². The zero-order valence-corrected chi connectivity index (χ0v) is 10.3. The van der Waals surface area contributed by atoms with Gasteiger partial charge in [-0.1, -0.05) is 12.1 Å². The summed E-state index contributed by atoms with van der Waals surface area (Å²) in [6.45, 7) is 0. The minimum Gasteiger partial charge on any atom is -0.292 e. The number of fused-ring (bicyclic) bond motifs is 1. The molecule has 0 aliphatic rings. The molecule has 0 atom stereocenters. The Kier molecular flexibility index (Phi) is 2.75. The van der Waals surface area contributed by atoms with E-state index in [0.717, 1.165) is 5.52 Å². The van der Waals surface area contributed by atoms with Crippen molar-refractivity contribution in [3.63, 3.8) is 0 Å². The molecule has 1 aromatic carbocycles. The molecule has 3 rings (SSSR count). The molecule has 0 unspecified atom stereocenters. The monoisotopic (exact) mass is 253 g/mol. The fraction of sp³-hybridized carbons (Fsp3) is 0.154. The molecule has 3 aromatic rings. The number of nitrogens with zero attached hydrogens (tertiary/aromatic N) is 5. The highest BCUT2D eigenvalue weighted by atomic mass is 16.1. The first-order valence-corrected chi connectivity index (χ1v) is 5.82. The van der Waals surface area contributed by atoms with E-state index in [1.165, 1.54) is 12.5 Å². The number of Topliss-reactive ketones (excluding diaryl/α,β-unsaturated/α-hetero) is 1. The van der Waals surface area contributed by atoms with E-state index in [4.69, 9.17) is 0 Å². The summed E-state index contributed by atoms with van der Waals surface area (Å²) in [5, 5.41) is 3.93. The van der Waals surface area contributed by atoms with Crippen molar-refractivity contribution >= 4 is 16.8 Å². The quantitative estimate of drug-likeness (QED) is 0.655. The molecular weight excluding hydrogens is 242 g/mol. The molecule has 0 bridgehead atoms. The SMILES string of the molecule is Cn1ncnc1CC(=O)c1cnc2ccccc2n1. The zero-order chi connectivity index (χ0) is 13.2. The van der Waals surface area contributed by atoms with Crippen LogP contribution in [0.3, 0.4) is 0 Å². The highest BCUT2D eigenvalue weighted by molar-refractivity contribution is 5.96. The number of hydrogen-bond donors (Lipinski definition) is 0. The predicted octanol–water partition coefficient (Wildman–Crippen LogP) is 1.18. The number of aromatic nitrogens is 5. The maximum absolute atomic E-state index is 12.1. The standard InChI is InChI=1S/C13H11N5O/c1-18-13(15-8-16-18)6-12(19)11-7-14-9-4-2-3-5-10(9)17-11/h2-5,7-8H,6H2,1H3. The first-order chi connectivity index (χ1) is 9.24. The Balaban J connectivity index is 1.91. The first kappa shape index (κ1) is 11.5. The van der Waals surface area contributed by atoms with Gasteiger partial charge in [0.15, 0.2) is 5.78 Å². The fourth-order valence-electron chi connectivity index (χ4n) is 1.81. The van der Waals surface area contributed by atoms with Crippen LogP contribution in [0.5, 0.6) is 0 Å². The summed E-state index contributed by atoms with van der Waals surface area (Å²) < 4.78 is 1.58. The minimum absolute atomic E-state index is 0.116. The van der Waals surface area contributed by atoms with Crippen molar-refractivity contribution in [3.8, 4) is 0 Å². The third-order valence-electron chi connectivity index (χ3n) is 2.86. The van der Waals surface area contributed by atoms with Crippen LogP contribution in [0.1, 0.15) is 16.3 Å². The summed E-state index contributed by atoms with van der Waals surface area (Å²) in [5.74, 6) is 0.495. The van der Waals surface area contributed by atoms with Crippen LogP contribution in [0.2, 0.25) is 0 Å². The largest absolute Gasteiger partial charge is 0.292 e. The molecule has 6 heteroatoms. The maximum atomic E-state index is 12.1. The van der Waals surface area contributed by atoms with Crippen molar-refractivity contribution in [2.24, 2.45) is 7.05 Å². The summed E-state index contributed by atoms with van der Waals surface area (Å²) in [6, 6.07) is 7.45. The molecule has 0 spiro atoms. The Morgan fingerprint density at radius 2 is 2.00 bits per heavy atom. The Morgan fingerprint density at radius 1 is 1.21 bits per heavy atom. The average molecular weight is 253 g/mol. The molecule has 0 N–H and O–H groups in total. The number of carbonyl (C=O) groups excluding carboxylic acids is 1. The van der Waals surface area contributed by atoms with Gasteiger partial charge in [0.2, 0.25) is 0 Å². The lowest BCUT2D eigenvalue weighted by Crippen LogP contribution is -2.11. The summed E-state index contributed by atoms with van der Waals surface area (Å²) in [4.78, 5) is 24.7. The molecule has 0 saturated heterocycles. The third-order valence-corrected chi connectivity index (χ3v) is 2.86. The molecule has 2 heterocycles. The van der Waals surface area contributed by atoms with Crippen LogP contribution in [0.4, 0.5) is 0 Å². The second-order valence-corrected chi connectivity index (χ2v) is 4.14. The van der Waals surface area contributed by atoms with E-state index in [2.05, 4.69) is 20.1 Å². The number of rotatable bonds is 3. The molecule has 0 aliphatic heterocycles. The van der Waals surface area contributed by atoms with E-state index in [1.54, 1.807) is 11.7 Å². The fourth-order valence-corrected chi connectivity index (χ4v) is 1.81. The van der Waals surface area contributed by atoms with Crippen LogP contribution < -0.4 is 0 Å². The molecule has 0 amide bonds. The molecular formula is C13H11N5O. The number of carbonyl (C=O) groups is 1. The number of aryl methyl sites for hydroxylation is 1. The van der Waals surface area contributed by atoms with Crippen LogP contribution in [-0.2, 0) is 13.5 Å². The molecule has 2 aromatic heterocycles. The number of hydrogen-bond acceptors (Lipinski definition) is 5. The van der Waals surface area contributed by atoms with Crippen molar-refractivity contribution in [3.05, 3.63) is 48.3 Å². The summed E-state index contributed by atoms with van der Waals surface area (Å²) >= 11 is 0. The van der Waals surface area contributed by atoms with Gasteiger partial charge < -0.3 is 0 Å². The second kappa shape index (κ2) is 4.56. The summed E-state index contributed by atoms with van der Waals surface area (Å²) in [7, 11) is 1.75. The van der Waals surface area contributed by atoms with Crippen LogP contribution in [0, 0.1) is 0 Å². The molecule has 0 aliphatic carbocycles. The Morgan fingerprint density at radius 3 is 2.74 bits per heavy atom. The third kappa shape index (κ3) is 2.20. The lowest BCUT2D eigenvalue weighted by molar-refractivity contribution is 0.0985. The van der Waals surface area contributed by atoms with E-state index in [0.29, 0.717) is 17.0 Å². The van der Waals surface area contributed by atoms with Gasteiger partial charge in [-0.15, -0.1) is 0 Å². The van der Waals surface area contributed by atoms with Gasteiger partial charge >= 0.3 is 0 Å². The Labute approximate surface area is 109 Å². The van der Waals surface area contributed by atoms with Crippen molar-refractivity contribution in [1.82, 2.24) is 24.7 Å². The number of para-hydroxylation sites is 2. The number of benzene rings is 1. The minimum atomic E-state index is -0.116.